The molecule has 0 aliphatic rings. The number of nitrogens with one attached hydrogen (secondary N) is 1. The molecule has 1 atom stereocenters. The van der Waals surface area contributed by atoms with Gasteiger partial charge in [-0.2, -0.15) is 0 Å². The Morgan fingerprint density at radius 3 is 2.36 bits per heavy atom. The van der Waals surface area contributed by atoms with Crippen LogP contribution in [0, 0.1) is 6.92 Å². The maximum absolute atomic E-state index is 11.5. The predicted octanol–water partition coefficient (Wildman–Crippen LogP) is 3.08. The maximum atomic E-state index is 11.5. The minimum atomic E-state index is -0.545. The molecule has 5 nitrogen and oxygen atoms in total. The lowest BCUT2D eigenvalue weighted by Crippen LogP contribution is -2.32. The van der Waals surface area contributed by atoms with Crippen molar-refractivity contribution in [1.82, 2.24) is 0 Å². The van der Waals surface area contributed by atoms with Gasteiger partial charge in [-0.15, -0.1) is 0 Å². The molecular weight excluding hydrogens is 280 g/mol. The number of methoxy groups -OCH3 is 1. The molecule has 0 radical (unpaired) electrons. The highest BCUT2D eigenvalue weighted by Crippen LogP contribution is 2.28. The molecule has 0 heterocycles. The van der Waals surface area contributed by atoms with Crippen molar-refractivity contribution in [3.05, 3.63) is 48.0 Å². The summed E-state index contributed by atoms with van der Waals surface area (Å²) >= 11 is 0. The Kier molecular flexibility index (Phi) is 5.01. The maximum Gasteiger partial charge on any atom is 0.240 e. The molecule has 116 valence electrons. The molecule has 0 saturated carbocycles. The quantitative estimate of drug-likeness (QED) is 0.890. The van der Waals surface area contributed by atoms with Gasteiger partial charge in [0.2, 0.25) is 5.91 Å². The van der Waals surface area contributed by atoms with Crippen LogP contribution < -0.4 is 20.5 Å². The molecule has 2 aromatic carbocycles. The lowest BCUT2D eigenvalue weighted by Gasteiger charge is -2.11. The van der Waals surface area contributed by atoms with E-state index in [2.05, 4.69) is 5.32 Å². The molecule has 0 fully saturated rings. The molecule has 0 aliphatic heterocycles. The van der Waals surface area contributed by atoms with E-state index in [9.17, 15) is 4.79 Å². The third-order valence-electron chi connectivity index (χ3n) is 3.15. The second-order valence-corrected chi connectivity index (χ2v) is 5.04. The second kappa shape index (κ2) is 6.95. The fourth-order valence-corrected chi connectivity index (χ4v) is 1.86. The molecular formula is C17H20N2O3. The minimum absolute atomic E-state index is 0.225. The van der Waals surface area contributed by atoms with Gasteiger partial charge in [0.05, 0.1) is 13.2 Å². The first kappa shape index (κ1) is 15.9. The number of carbonyl (C=O) groups is 1. The highest BCUT2D eigenvalue weighted by Gasteiger charge is 2.07. The van der Waals surface area contributed by atoms with Gasteiger partial charge in [0.15, 0.2) is 0 Å². The Morgan fingerprint density at radius 2 is 1.77 bits per heavy atom. The predicted molar refractivity (Wildman–Crippen MR) is 86.5 cm³/mol. The Morgan fingerprint density at radius 1 is 1.14 bits per heavy atom. The summed E-state index contributed by atoms with van der Waals surface area (Å²) in [6, 6.07) is 12.2. The number of hydrogen-bond acceptors (Lipinski definition) is 4. The second-order valence-electron chi connectivity index (χ2n) is 5.04. The van der Waals surface area contributed by atoms with Gasteiger partial charge in [-0.25, -0.2) is 0 Å². The van der Waals surface area contributed by atoms with Crippen molar-refractivity contribution in [2.75, 3.05) is 12.4 Å². The number of hydrogen-bond donors (Lipinski definition) is 2. The zero-order chi connectivity index (χ0) is 16.1. The molecule has 5 heteroatoms. The molecule has 0 aromatic heterocycles. The van der Waals surface area contributed by atoms with Crippen LogP contribution in [0.2, 0.25) is 0 Å². The van der Waals surface area contributed by atoms with Gasteiger partial charge in [0, 0.05) is 11.8 Å². The van der Waals surface area contributed by atoms with Crippen LogP contribution in [0.5, 0.6) is 17.2 Å². The monoisotopic (exact) mass is 300 g/mol. The first-order valence-corrected chi connectivity index (χ1v) is 6.98. The van der Waals surface area contributed by atoms with Crippen LogP contribution in [0.1, 0.15) is 12.5 Å². The third-order valence-corrected chi connectivity index (χ3v) is 3.15. The van der Waals surface area contributed by atoms with Crippen LogP contribution in [0.3, 0.4) is 0 Å². The van der Waals surface area contributed by atoms with E-state index >= 15 is 0 Å². The van der Waals surface area contributed by atoms with Gasteiger partial charge >= 0.3 is 0 Å². The summed E-state index contributed by atoms with van der Waals surface area (Å²) in [5.41, 5.74) is 7.23. The summed E-state index contributed by atoms with van der Waals surface area (Å²) in [5.74, 6) is 1.91. The molecule has 0 bridgehead atoms. The van der Waals surface area contributed by atoms with E-state index in [1.807, 2.05) is 25.1 Å². The molecule has 0 spiro atoms. The van der Waals surface area contributed by atoms with Gasteiger partial charge in [-0.05, 0) is 49.7 Å². The van der Waals surface area contributed by atoms with Crippen molar-refractivity contribution in [1.29, 1.82) is 0 Å². The number of anilines is 1. The molecule has 2 aromatic rings. The summed E-state index contributed by atoms with van der Waals surface area (Å²) in [7, 11) is 1.63. The topological polar surface area (TPSA) is 73.6 Å². The molecule has 0 aliphatic carbocycles. The van der Waals surface area contributed by atoms with Crippen LogP contribution in [0.4, 0.5) is 5.69 Å². The Balaban J connectivity index is 2.06. The Hall–Kier alpha value is -2.53. The van der Waals surface area contributed by atoms with Crippen LogP contribution in [0.25, 0.3) is 0 Å². The largest absolute Gasteiger partial charge is 0.496 e. The molecule has 22 heavy (non-hydrogen) atoms. The number of carbonyl (C=O) groups excluding carboxylic acids is 1. The lowest BCUT2D eigenvalue weighted by molar-refractivity contribution is -0.117. The van der Waals surface area contributed by atoms with Crippen molar-refractivity contribution < 1.29 is 14.3 Å². The molecule has 0 saturated heterocycles. The number of ether oxygens (including phenoxy) is 2. The van der Waals surface area contributed by atoms with Crippen LogP contribution in [-0.2, 0) is 4.79 Å². The van der Waals surface area contributed by atoms with Crippen molar-refractivity contribution in [3.8, 4) is 17.2 Å². The van der Waals surface area contributed by atoms with E-state index in [0.29, 0.717) is 17.2 Å². The van der Waals surface area contributed by atoms with E-state index in [1.165, 1.54) is 0 Å². The Labute approximate surface area is 130 Å². The summed E-state index contributed by atoms with van der Waals surface area (Å²) in [4.78, 5) is 11.5. The van der Waals surface area contributed by atoms with E-state index in [4.69, 9.17) is 15.2 Å². The average Bonchev–Trinajstić information content (AvgIpc) is 2.51. The van der Waals surface area contributed by atoms with Crippen molar-refractivity contribution in [3.63, 3.8) is 0 Å². The highest BCUT2D eigenvalue weighted by atomic mass is 16.5. The van der Waals surface area contributed by atoms with E-state index in [0.717, 1.165) is 11.3 Å². The zero-order valence-electron chi connectivity index (χ0n) is 12.9. The van der Waals surface area contributed by atoms with Crippen LogP contribution in [-0.4, -0.2) is 19.1 Å². The fraction of sp³-hybridized carbons (Fsp3) is 0.235. The first-order chi connectivity index (χ1) is 10.5. The SMILES string of the molecule is COc1cc(Oc2ccc(NC(=O)[C@@H](C)N)cc2)ccc1C. The van der Waals surface area contributed by atoms with Crippen LogP contribution >= 0.6 is 0 Å². The van der Waals surface area contributed by atoms with Crippen molar-refractivity contribution >= 4 is 11.6 Å². The standard InChI is InChI=1S/C17H20N2O3/c1-11-4-7-15(10-16(11)21-3)22-14-8-5-13(6-9-14)19-17(20)12(2)18/h4-10,12H,18H2,1-3H3,(H,19,20)/t12-/m1/s1. The first-order valence-electron chi connectivity index (χ1n) is 6.98. The highest BCUT2D eigenvalue weighted by molar-refractivity contribution is 5.94. The van der Waals surface area contributed by atoms with Gasteiger partial charge in [-0.3, -0.25) is 4.79 Å². The van der Waals surface area contributed by atoms with Crippen LogP contribution in [0.15, 0.2) is 42.5 Å². The molecule has 1 amide bonds. The van der Waals surface area contributed by atoms with Gasteiger partial charge in [0.25, 0.3) is 0 Å². The zero-order valence-corrected chi connectivity index (χ0v) is 12.9. The lowest BCUT2D eigenvalue weighted by atomic mass is 10.2. The van der Waals surface area contributed by atoms with Gasteiger partial charge < -0.3 is 20.5 Å². The molecule has 0 unspecified atom stereocenters. The minimum Gasteiger partial charge on any atom is -0.496 e. The number of aryl methyl sites for hydroxylation is 1. The molecule has 2 rings (SSSR count). The van der Waals surface area contributed by atoms with Gasteiger partial charge in [-0.1, -0.05) is 6.07 Å². The number of nitrogens with two attached hydrogens (primary N) is 1. The summed E-state index contributed by atoms with van der Waals surface area (Å²) in [6.07, 6.45) is 0. The van der Waals surface area contributed by atoms with Gasteiger partial charge in [0.1, 0.15) is 17.2 Å². The summed E-state index contributed by atoms with van der Waals surface area (Å²) in [6.45, 7) is 3.61. The third kappa shape index (κ3) is 3.99. The fourth-order valence-electron chi connectivity index (χ4n) is 1.86. The van der Waals surface area contributed by atoms with E-state index in [1.54, 1.807) is 38.3 Å². The number of benzene rings is 2. The molecule has 3 N–H and O–H groups in total. The van der Waals surface area contributed by atoms with Crippen molar-refractivity contribution in [2.24, 2.45) is 5.73 Å². The van der Waals surface area contributed by atoms with E-state index in [-0.39, 0.29) is 5.91 Å². The normalized spacial score (nSPS) is 11.6. The van der Waals surface area contributed by atoms with Crippen molar-refractivity contribution in [2.45, 2.75) is 19.9 Å². The average molecular weight is 300 g/mol. The summed E-state index contributed by atoms with van der Waals surface area (Å²) in [5, 5.41) is 2.72. The van der Waals surface area contributed by atoms with E-state index < -0.39 is 6.04 Å². The number of rotatable bonds is 5. The Bertz CT molecular complexity index is 651. The summed E-state index contributed by atoms with van der Waals surface area (Å²) < 4.78 is 11.0. The number of amides is 1. The smallest absolute Gasteiger partial charge is 0.240 e.